The summed E-state index contributed by atoms with van der Waals surface area (Å²) in [6, 6.07) is 8.08. The van der Waals surface area contributed by atoms with Crippen molar-refractivity contribution in [1.29, 1.82) is 0 Å². The first kappa shape index (κ1) is 17.8. The molecule has 1 N–H and O–H groups in total. The zero-order chi connectivity index (χ0) is 17.8. The van der Waals surface area contributed by atoms with Gasteiger partial charge in [0.2, 0.25) is 5.89 Å². The van der Waals surface area contributed by atoms with Gasteiger partial charge in [-0.05, 0) is 43.4 Å². The van der Waals surface area contributed by atoms with Gasteiger partial charge >= 0.3 is 0 Å². The van der Waals surface area contributed by atoms with Gasteiger partial charge in [0.15, 0.2) is 6.67 Å². The lowest BCUT2D eigenvalue weighted by molar-refractivity contribution is -0.917. The number of aromatic nitrogens is 3. The number of quaternary nitrogens is 1. The largest absolute Gasteiger partial charge is 0.497 e. The fourth-order valence-corrected chi connectivity index (χ4v) is 3.38. The monoisotopic (exact) mass is 377 g/mol. The van der Waals surface area contributed by atoms with Crippen LogP contribution >= 0.6 is 23.6 Å². The van der Waals surface area contributed by atoms with E-state index >= 15 is 0 Å². The van der Waals surface area contributed by atoms with Gasteiger partial charge in [-0.3, -0.25) is 0 Å². The molecule has 3 aromatic rings. The van der Waals surface area contributed by atoms with E-state index in [1.165, 1.54) is 10.5 Å². The number of rotatable bonds is 7. The summed E-state index contributed by atoms with van der Waals surface area (Å²) in [6.07, 6.45) is 0.568. The standard InChI is InChI=1S/C17H20N4O2S2/c1-12-18-14(10-25-12)8-16-19-21(17(24)23-16)11-20(2)9-13-4-6-15(22-3)7-5-13/h4-7,10H,8-9,11H2,1-3H3/p+1. The Morgan fingerprint density at radius 2 is 2.08 bits per heavy atom. The van der Waals surface area contributed by atoms with Gasteiger partial charge in [0.25, 0.3) is 4.84 Å². The van der Waals surface area contributed by atoms with E-state index in [4.69, 9.17) is 21.4 Å². The first-order valence-corrected chi connectivity index (χ1v) is 9.24. The normalized spacial score (nSPS) is 12.3. The van der Waals surface area contributed by atoms with Crippen LogP contribution in [0.1, 0.15) is 22.2 Å². The highest BCUT2D eigenvalue weighted by molar-refractivity contribution is 7.71. The number of nitrogens with zero attached hydrogens (tertiary/aromatic N) is 3. The number of hydrogen-bond donors (Lipinski definition) is 1. The Labute approximate surface area is 155 Å². The van der Waals surface area contributed by atoms with Crippen molar-refractivity contribution in [2.75, 3.05) is 14.2 Å². The maximum absolute atomic E-state index is 5.61. The third-order valence-electron chi connectivity index (χ3n) is 3.73. The topological polar surface area (TPSA) is 57.5 Å². The maximum Gasteiger partial charge on any atom is 0.291 e. The third-order valence-corrected chi connectivity index (χ3v) is 4.85. The summed E-state index contributed by atoms with van der Waals surface area (Å²) in [5.74, 6) is 1.47. The zero-order valence-corrected chi connectivity index (χ0v) is 16.1. The van der Waals surface area contributed by atoms with Crippen molar-refractivity contribution in [3.8, 4) is 5.75 Å². The molecule has 8 heteroatoms. The van der Waals surface area contributed by atoms with Gasteiger partial charge in [0.1, 0.15) is 12.3 Å². The minimum Gasteiger partial charge on any atom is -0.497 e. The summed E-state index contributed by atoms with van der Waals surface area (Å²) < 4.78 is 12.5. The second kappa shape index (κ2) is 7.90. The Kier molecular flexibility index (Phi) is 5.62. The number of ether oxygens (including phenoxy) is 1. The fourth-order valence-electron chi connectivity index (χ4n) is 2.57. The minimum absolute atomic E-state index is 0.399. The molecular formula is C17H21N4O2S2+. The lowest BCUT2D eigenvalue weighted by Crippen LogP contribution is -3.07. The number of hydrogen-bond acceptors (Lipinski definition) is 6. The zero-order valence-electron chi connectivity index (χ0n) is 14.5. The lowest BCUT2D eigenvalue weighted by atomic mass is 10.2. The average Bonchev–Trinajstić information content (AvgIpc) is 3.14. The molecule has 0 radical (unpaired) electrons. The van der Waals surface area contributed by atoms with Crippen molar-refractivity contribution in [1.82, 2.24) is 14.8 Å². The number of aryl methyl sites for hydroxylation is 1. The van der Waals surface area contributed by atoms with Crippen LogP contribution < -0.4 is 9.64 Å². The molecule has 0 aliphatic carbocycles. The van der Waals surface area contributed by atoms with Crippen LogP contribution in [-0.4, -0.2) is 28.9 Å². The fraction of sp³-hybridized carbons (Fsp3) is 0.353. The van der Waals surface area contributed by atoms with Crippen molar-refractivity contribution < 1.29 is 14.1 Å². The predicted octanol–water partition coefficient (Wildman–Crippen LogP) is 2.24. The second-order valence-corrected chi connectivity index (χ2v) is 7.35. The third kappa shape index (κ3) is 4.75. The Bertz CT molecular complexity index is 883. The van der Waals surface area contributed by atoms with Gasteiger partial charge in [-0.1, -0.05) is 0 Å². The molecule has 1 unspecified atom stereocenters. The van der Waals surface area contributed by atoms with Gasteiger partial charge in [-0.2, -0.15) is 4.68 Å². The summed E-state index contributed by atoms with van der Waals surface area (Å²) >= 11 is 6.92. The highest BCUT2D eigenvalue weighted by atomic mass is 32.1. The van der Waals surface area contributed by atoms with E-state index in [0.717, 1.165) is 23.0 Å². The molecule has 6 nitrogen and oxygen atoms in total. The molecule has 2 heterocycles. The first-order chi connectivity index (χ1) is 12.0. The van der Waals surface area contributed by atoms with E-state index in [-0.39, 0.29) is 0 Å². The Morgan fingerprint density at radius 3 is 2.72 bits per heavy atom. The van der Waals surface area contributed by atoms with Crippen molar-refractivity contribution in [3.63, 3.8) is 0 Å². The van der Waals surface area contributed by atoms with Crippen LogP contribution in [0.5, 0.6) is 5.75 Å². The SMILES string of the molecule is COc1ccc(C[NH+](C)Cn2nc(Cc3csc(C)n3)oc2=S)cc1. The minimum atomic E-state index is 0.399. The summed E-state index contributed by atoms with van der Waals surface area (Å²) in [7, 11) is 3.77. The molecule has 1 atom stereocenters. The summed E-state index contributed by atoms with van der Waals surface area (Å²) in [5, 5.41) is 7.55. The Hall–Kier alpha value is -2.03. The van der Waals surface area contributed by atoms with E-state index in [1.54, 1.807) is 23.1 Å². The quantitative estimate of drug-likeness (QED) is 0.640. The molecular weight excluding hydrogens is 356 g/mol. The Balaban J connectivity index is 1.62. The van der Waals surface area contributed by atoms with Gasteiger partial charge in [-0.15, -0.1) is 16.4 Å². The molecule has 25 heavy (non-hydrogen) atoms. The van der Waals surface area contributed by atoms with Crippen LogP contribution in [0.15, 0.2) is 34.1 Å². The second-order valence-electron chi connectivity index (χ2n) is 5.94. The van der Waals surface area contributed by atoms with E-state index in [1.807, 2.05) is 24.4 Å². The molecule has 3 rings (SSSR count). The van der Waals surface area contributed by atoms with Gasteiger partial charge in [0.05, 0.1) is 31.3 Å². The lowest BCUT2D eigenvalue weighted by Gasteiger charge is -2.13. The van der Waals surface area contributed by atoms with E-state index in [0.29, 0.717) is 23.8 Å². The maximum atomic E-state index is 5.61. The van der Waals surface area contributed by atoms with E-state index < -0.39 is 0 Å². The molecule has 0 bridgehead atoms. The average molecular weight is 378 g/mol. The van der Waals surface area contributed by atoms with Crippen LogP contribution in [0, 0.1) is 11.8 Å². The van der Waals surface area contributed by atoms with E-state index in [9.17, 15) is 0 Å². The van der Waals surface area contributed by atoms with Crippen molar-refractivity contribution in [2.45, 2.75) is 26.6 Å². The molecule has 0 saturated carbocycles. The van der Waals surface area contributed by atoms with Crippen LogP contribution in [-0.2, 0) is 19.6 Å². The highest BCUT2D eigenvalue weighted by Crippen LogP contribution is 2.12. The van der Waals surface area contributed by atoms with Crippen molar-refractivity contribution in [2.24, 2.45) is 0 Å². The number of benzene rings is 1. The van der Waals surface area contributed by atoms with Crippen LogP contribution in [0.2, 0.25) is 0 Å². The number of thiazole rings is 1. The molecule has 0 amide bonds. The van der Waals surface area contributed by atoms with Gasteiger partial charge in [-0.25, -0.2) is 4.98 Å². The molecule has 132 valence electrons. The molecule has 2 aromatic heterocycles. The predicted molar refractivity (Wildman–Crippen MR) is 98.6 cm³/mol. The first-order valence-electron chi connectivity index (χ1n) is 7.95. The molecule has 1 aromatic carbocycles. The van der Waals surface area contributed by atoms with Gasteiger partial charge < -0.3 is 14.1 Å². The van der Waals surface area contributed by atoms with Crippen LogP contribution in [0.25, 0.3) is 0 Å². The number of nitrogens with one attached hydrogen (secondary N) is 1. The highest BCUT2D eigenvalue weighted by Gasteiger charge is 2.12. The molecule has 0 saturated heterocycles. The molecule has 0 spiro atoms. The number of methoxy groups -OCH3 is 1. The van der Waals surface area contributed by atoms with Crippen molar-refractivity contribution >= 4 is 23.6 Å². The smallest absolute Gasteiger partial charge is 0.291 e. The van der Waals surface area contributed by atoms with E-state index in [2.05, 4.69) is 29.3 Å². The van der Waals surface area contributed by atoms with Crippen LogP contribution in [0.3, 0.4) is 0 Å². The van der Waals surface area contributed by atoms with Crippen LogP contribution in [0.4, 0.5) is 0 Å². The van der Waals surface area contributed by atoms with Crippen molar-refractivity contribution in [3.05, 3.63) is 56.6 Å². The summed E-state index contributed by atoms with van der Waals surface area (Å²) in [5.41, 5.74) is 2.19. The Morgan fingerprint density at radius 1 is 1.32 bits per heavy atom. The molecule has 0 aliphatic rings. The summed E-state index contributed by atoms with van der Waals surface area (Å²) in [6.45, 7) is 3.49. The molecule has 0 fully saturated rings. The molecule has 0 aliphatic heterocycles. The summed E-state index contributed by atoms with van der Waals surface area (Å²) in [4.78, 5) is 6.09. The van der Waals surface area contributed by atoms with Gasteiger partial charge in [0, 0.05) is 10.9 Å².